The predicted octanol–water partition coefficient (Wildman–Crippen LogP) is 6.10. The quantitative estimate of drug-likeness (QED) is 0.275. The van der Waals surface area contributed by atoms with E-state index in [1.54, 1.807) is 35.0 Å². The van der Waals surface area contributed by atoms with Crippen molar-refractivity contribution in [2.45, 2.75) is 50.2 Å². The number of carbonyl (C=O) groups is 2. The largest absolute Gasteiger partial charge is 0.482 e. The zero-order valence-corrected chi connectivity index (χ0v) is 24.9. The molecule has 3 aromatic rings. The fraction of sp³-hybridized carbons (Fsp3) is 0.355. The van der Waals surface area contributed by atoms with E-state index in [2.05, 4.69) is 0 Å². The van der Waals surface area contributed by atoms with E-state index < -0.39 is 31.6 Å². The van der Waals surface area contributed by atoms with Gasteiger partial charge in [-0.2, -0.15) is 0 Å². The molecule has 0 saturated carbocycles. The average Bonchev–Trinajstić information content (AvgIpc) is 3.36. The van der Waals surface area contributed by atoms with E-state index in [1.165, 1.54) is 0 Å². The number of halogens is 2. The van der Waals surface area contributed by atoms with Gasteiger partial charge < -0.3 is 23.6 Å². The summed E-state index contributed by atoms with van der Waals surface area (Å²) in [5, 5.41) is 10.2. The third-order valence-electron chi connectivity index (χ3n) is 8.58. The fourth-order valence-corrected chi connectivity index (χ4v) is 9.61. The molecule has 3 aromatic carbocycles. The van der Waals surface area contributed by atoms with E-state index in [4.69, 9.17) is 21.1 Å². The number of nitrogens with zero attached hydrogens (tertiary/aromatic N) is 2. The number of aliphatic hydroxyl groups is 1. The van der Waals surface area contributed by atoms with E-state index in [1.807, 2.05) is 61.5 Å². The highest BCUT2D eigenvalue weighted by molar-refractivity contribution is 6.72. The number of aliphatic hydroxyl groups excluding tert-OH is 1. The third-order valence-corrected chi connectivity index (χ3v) is 11.3. The van der Waals surface area contributed by atoms with Crippen LogP contribution in [0.4, 0.5) is 21.2 Å². The van der Waals surface area contributed by atoms with Crippen molar-refractivity contribution in [3.05, 3.63) is 82.9 Å². The molecular formula is C31H32ClFN2O5Si. The summed E-state index contributed by atoms with van der Waals surface area (Å²) in [7, 11) is -3.28. The van der Waals surface area contributed by atoms with Crippen molar-refractivity contribution in [2.24, 2.45) is 5.92 Å². The van der Waals surface area contributed by atoms with Crippen molar-refractivity contribution in [1.29, 1.82) is 0 Å². The highest BCUT2D eigenvalue weighted by Crippen LogP contribution is 2.60. The SMILES string of the molecule is C[C@@H]1[C@@H]([Si](C)(C)F)[C@H](CCO)O[C@@]12C(=O)N(Cc1ccc(N3C(=O)COc4ccccc43)cc1)c1ccc(Cl)cc12. The maximum Gasteiger partial charge on any atom is 0.269 e. The van der Waals surface area contributed by atoms with Gasteiger partial charge in [0.25, 0.3) is 11.8 Å². The zero-order chi connectivity index (χ0) is 29.1. The lowest BCUT2D eigenvalue weighted by Crippen LogP contribution is -2.45. The van der Waals surface area contributed by atoms with Gasteiger partial charge in [0.2, 0.25) is 8.41 Å². The second kappa shape index (κ2) is 10.2. The lowest BCUT2D eigenvalue weighted by atomic mass is 9.82. The van der Waals surface area contributed by atoms with Gasteiger partial charge in [-0.05, 0) is 67.5 Å². The third kappa shape index (κ3) is 4.46. The lowest BCUT2D eigenvalue weighted by molar-refractivity contribution is -0.146. The van der Waals surface area contributed by atoms with Crippen molar-refractivity contribution in [3.8, 4) is 5.75 Å². The topological polar surface area (TPSA) is 79.3 Å². The summed E-state index contributed by atoms with van der Waals surface area (Å²) >= 11 is 6.42. The molecule has 0 aromatic heterocycles. The average molecular weight is 595 g/mol. The van der Waals surface area contributed by atoms with Gasteiger partial charge >= 0.3 is 0 Å². The van der Waals surface area contributed by atoms with Crippen molar-refractivity contribution in [2.75, 3.05) is 23.0 Å². The summed E-state index contributed by atoms with van der Waals surface area (Å²) in [5.74, 6) is -0.234. The number of rotatable bonds is 6. The molecule has 1 N–H and O–H groups in total. The Kier molecular flexibility index (Phi) is 6.97. The highest BCUT2D eigenvalue weighted by Gasteiger charge is 2.66. The van der Waals surface area contributed by atoms with Gasteiger partial charge in [-0.3, -0.25) is 14.5 Å². The van der Waals surface area contributed by atoms with Crippen LogP contribution in [0, 0.1) is 5.92 Å². The second-order valence-corrected chi connectivity index (χ2v) is 15.7. The summed E-state index contributed by atoms with van der Waals surface area (Å²) in [6.07, 6.45) is -0.323. The first kappa shape index (κ1) is 27.9. The molecule has 7 nitrogen and oxygen atoms in total. The van der Waals surface area contributed by atoms with Crippen LogP contribution < -0.4 is 14.5 Å². The number of fused-ring (bicyclic) bond motifs is 3. The molecule has 6 rings (SSSR count). The first-order valence-electron chi connectivity index (χ1n) is 13.8. The number of para-hydroxylation sites is 2. The Morgan fingerprint density at radius 2 is 1.80 bits per heavy atom. The van der Waals surface area contributed by atoms with Crippen LogP contribution >= 0.6 is 11.6 Å². The van der Waals surface area contributed by atoms with E-state index >= 15 is 4.11 Å². The van der Waals surface area contributed by atoms with Gasteiger partial charge in [-0.1, -0.05) is 42.8 Å². The molecule has 4 atom stereocenters. The lowest BCUT2D eigenvalue weighted by Gasteiger charge is -2.31. The van der Waals surface area contributed by atoms with Crippen molar-refractivity contribution in [1.82, 2.24) is 0 Å². The normalized spacial score (nSPS) is 25.5. The van der Waals surface area contributed by atoms with E-state index in [0.717, 1.165) is 5.56 Å². The first-order valence-corrected chi connectivity index (χ1v) is 17.1. The number of amides is 2. The Morgan fingerprint density at radius 1 is 1.07 bits per heavy atom. The molecule has 1 spiro atoms. The van der Waals surface area contributed by atoms with E-state index in [-0.39, 0.29) is 38.0 Å². The van der Waals surface area contributed by atoms with Crippen LogP contribution in [-0.2, 0) is 26.5 Å². The standard InChI is InChI=1S/C31H32ClFN2O5Si/c1-19-29(41(2,3)33)27(14-15-36)40-31(19)23-16-21(32)10-13-24(23)34(30(31)38)17-20-8-11-22(12-9-20)35-25-6-4-5-7-26(25)39-18-28(35)37/h4-13,16,19,27,29,36H,14-15,17-18H2,1-3H3/t19-,27+,29-,31+/m1/s1. The minimum Gasteiger partial charge on any atom is -0.482 e. The molecule has 214 valence electrons. The molecule has 0 bridgehead atoms. The predicted molar refractivity (Wildman–Crippen MR) is 158 cm³/mol. The maximum atomic E-state index is 15.7. The summed E-state index contributed by atoms with van der Waals surface area (Å²) in [4.78, 5) is 30.4. The number of benzene rings is 3. The molecule has 1 fully saturated rings. The molecule has 3 aliphatic rings. The highest BCUT2D eigenvalue weighted by atomic mass is 35.5. The van der Waals surface area contributed by atoms with Crippen LogP contribution in [-0.4, -0.2) is 44.6 Å². The zero-order valence-electron chi connectivity index (χ0n) is 23.1. The van der Waals surface area contributed by atoms with Crippen LogP contribution in [0.5, 0.6) is 5.75 Å². The van der Waals surface area contributed by atoms with Crippen LogP contribution in [0.1, 0.15) is 24.5 Å². The second-order valence-electron chi connectivity index (χ2n) is 11.5. The minimum absolute atomic E-state index is 0.0442. The molecule has 3 heterocycles. The van der Waals surface area contributed by atoms with E-state index in [9.17, 15) is 14.7 Å². The molecule has 3 aliphatic heterocycles. The number of anilines is 3. The summed E-state index contributed by atoms with van der Waals surface area (Å²) in [5.41, 5.74) is 1.68. The van der Waals surface area contributed by atoms with Gasteiger partial charge in [0.05, 0.1) is 24.0 Å². The van der Waals surface area contributed by atoms with Crippen LogP contribution in [0.3, 0.4) is 0 Å². The summed E-state index contributed by atoms with van der Waals surface area (Å²) in [6, 6.07) is 20.2. The van der Waals surface area contributed by atoms with Crippen LogP contribution in [0.25, 0.3) is 0 Å². The molecule has 0 unspecified atom stereocenters. The molecule has 41 heavy (non-hydrogen) atoms. The van der Waals surface area contributed by atoms with Gasteiger partial charge in [0.1, 0.15) is 5.75 Å². The molecule has 1 saturated heterocycles. The van der Waals surface area contributed by atoms with Gasteiger partial charge in [-0.15, -0.1) is 0 Å². The smallest absolute Gasteiger partial charge is 0.269 e. The monoisotopic (exact) mass is 594 g/mol. The number of ether oxygens (including phenoxy) is 2. The molecule has 0 radical (unpaired) electrons. The van der Waals surface area contributed by atoms with E-state index in [0.29, 0.717) is 33.4 Å². The Bertz CT molecular complexity index is 1510. The number of carbonyl (C=O) groups excluding carboxylic acids is 2. The minimum atomic E-state index is -3.28. The first-order chi connectivity index (χ1) is 19.6. The van der Waals surface area contributed by atoms with Crippen LogP contribution in [0.2, 0.25) is 23.7 Å². The molecule has 2 amide bonds. The summed E-state index contributed by atoms with van der Waals surface area (Å²) < 4.78 is 27.8. The van der Waals surface area contributed by atoms with Gasteiger partial charge in [0.15, 0.2) is 12.2 Å². The van der Waals surface area contributed by atoms with Crippen molar-refractivity contribution in [3.63, 3.8) is 0 Å². The molecule has 10 heteroatoms. The fourth-order valence-electron chi connectivity index (χ4n) is 6.89. The maximum absolute atomic E-state index is 15.7. The Hall–Kier alpha value is -3.24. The Balaban J connectivity index is 1.34. The molecule has 0 aliphatic carbocycles. The van der Waals surface area contributed by atoms with Gasteiger partial charge in [0, 0.05) is 34.3 Å². The summed E-state index contributed by atoms with van der Waals surface area (Å²) in [6.45, 7) is 5.21. The van der Waals surface area contributed by atoms with Gasteiger partial charge in [-0.25, -0.2) is 0 Å². The molecular weight excluding hydrogens is 563 g/mol. The van der Waals surface area contributed by atoms with Crippen molar-refractivity contribution < 1.29 is 28.3 Å². The Labute approximate surface area is 244 Å². The Morgan fingerprint density at radius 3 is 2.51 bits per heavy atom. The number of hydrogen-bond acceptors (Lipinski definition) is 5. The van der Waals surface area contributed by atoms with Crippen LogP contribution in [0.15, 0.2) is 66.7 Å². The number of hydrogen-bond donors (Lipinski definition) is 1. The van der Waals surface area contributed by atoms with Crippen molar-refractivity contribution >= 4 is 48.9 Å².